The van der Waals surface area contributed by atoms with Crippen molar-refractivity contribution in [3.8, 4) is 0 Å². The predicted molar refractivity (Wildman–Crippen MR) is 73.2 cm³/mol. The van der Waals surface area contributed by atoms with Crippen LogP contribution in [0.15, 0.2) is 6.33 Å². The highest BCUT2D eigenvalue weighted by atomic mass is 16.5. The fraction of sp³-hybridized carbons (Fsp3) is 0.692. The third-order valence-electron chi connectivity index (χ3n) is 3.44. The molecule has 0 amide bonds. The lowest BCUT2D eigenvalue weighted by molar-refractivity contribution is 0.0458. The minimum atomic E-state index is 0.414. The molecule has 1 fully saturated rings. The van der Waals surface area contributed by atoms with E-state index in [9.17, 15) is 0 Å². The van der Waals surface area contributed by atoms with Gasteiger partial charge in [0.2, 0.25) is 0 Å². The average molecular weight is 250 g/mol. The smallest absolute Gasteiger partial charge is 0.137 e. The van der Waals surface area contributed by atoms with E-state index in [0.29, 0.717) is 6.10 Å². The van der Waals surface area contributed by atoms with Gasteiger partial charge in [0.1, 0.15) is 18.0 Å². The first-order valence-corrected chi connectivity index (χ1v) is 6.62. The molecule has 0 atom stereocenters. The van der Waals surface area contributed by atoms with Gasteiger partial charge in [0.25, 0.3) is 0 Å². The standard InChI is InChI=1S/C13H22N4O/c1-4-18-11-5-7-17(8-6-11)13-10(2)12(14-3)15-9-16-13/h9,11H,4-8H2,1-3H3,(H,14,15,16). The van der Waals surface area contributed by atoms with E-state index in [4.69, 9.17) is 4.74 Å². The normalized spacial score (nSPS) is 16.9. The maximum absolute atomic E-state index is 5.67. The van der Waals surface area contributed by atoms with Gasteiger partial charge < -0.3 is 15.0 Å². The monoisotopic (exact) mass is 250 g/mol. The van der Waals surface area contributed by atoms with Crippen molar-refractivity contribution < 1.29 is 4.74 Å². The zero-order chi connectivity index (χ0) is 13.0. The lowest BCUT2D eigenvalue weighted by Crippen LogP contribution is -2.38. The molecule has 2 heterocycles. The Morgan fingerprint density at radius 1 is 1.39 bits per heavy atom. The Bertz CT molecular complexity index is 389. The molecule has 0 aromatic carbocycles. The summed E-state index contributed by atoms with van der Waals surface area (Å²) in [6, 6.07) is 0. The van der Waals surface area contributed by atoms with Crippen LogP contribution in [0, 0.1) is 6.92 Å². The Hall–Kier alpha value is -1.36. The number of anilines is 2. The molecule has 0 bridgehead atoms. The van der Waals surface area contributed by atoms with Gasteiger partial charge in [-0.1, -0.05) is 0 Å². The van der Waals surface area contributed by atoms with Crippen LogP contribution in [-0.4, -0.2) is 42.8 Å². The van der Waals surface area contributed by atoms with E-state index in [1.807, 2.05) is 7.05 Å². The molecule has 18 heavy (non-hydrogen) atoms. The number of ether oxygens (including phenoxy) is 1. The van der Waals surface area contributed by atoms with Crippen LogP contribution in [0.25, 0.3) is 0 Å². The molecule has 0 unspecified atom stereocenters. The van der Waals surface area contributed by atoms with Crippen molar-refractivity contribution in [2.45, 2.75) is 32.8 Å². The Balaban J connectivity index is 2.05. The first-order chi connectivity index (χ1) is 8.76. The molecule has 0 aliphatic carbocycles. The van der Waals surface area contributed by atoms with Gasteiger partial charge in [-0.2, -0.15) is 0 Å². The highest BCUT2D eigenvalue weighted by Crippen LogP contribution is 2.25. The number of aromatic nitrogens is 2. The summed E-state index contributed by atoms with van der Waals surface area (Å²) in [5.74, 6) is 1.95. The Morgan fingerprint density at radius 3 is 2.72 bits per heavy atom. The van der Waals surface area contributed by atoms with Crippen molar-refractivity contribution in [1.82, 2.24) is 9.97 Å². The number of nitrogens with zero attached hydrogens (tertiary/aromatic N) is 3. The first kappa shape index (κ1) is 13.1. The predicted octanol–water partition coefficient (Wildman–Crippen LogP) is 1.83. The fourth-order valence-electron chi connectivity index (χ4n) is 2.48. The summed E-state index contributed by atoms with van der Waals surface area (Å²) in [6.07, 6.45) is 4.19. The summed E-state index contributed by atoms with van der Waals surface area (Å²) in [5, 5.41) is 3.10. The molecule has 1 aliphatic rings. The summed E-state index contributed by atoms with van der Waals surface area (Å²) in [7, 11) is 1.89. The number of hydrogen-bond acceptors (Lipinski definition) is 5. The molecule has 5 heteroatoms. The number of hydrogen-bond donors (Lipinski definition) is 1. The van der Waals surface area contributed by atoms with Gasteiger partial charge in [-0.3, -0.25) is 0 Å². The number of nitrogens with one attached hydrogen (secondary N) is 1. The van der Waals surface area contributed by atoms with Crippen molar-refractivity contribution in [2.24, 2.45) is 0 Å². The molecular formula is C13H22N4O. The van der Waals surface area contributed by atoms with E-state index in [1.165, 1.54) is 0 Å². The second-order valence-electron chi connectivity index (χ2n) is 4.56. The minimum absolute atomic E-state index is 0.414. The fourth-order valence-corrected chi connectivity index (χ4v) is 2.48. The van der Waals surface area contributed by atoms with Crippen LogP contribution in [0.3, 0.4) is 0 Å². The van der Waals surface area contributed by atoms with E-state index >= 15 is 0 Å². The molecule has 1 aliphatic heterocycles. The summed E-state index contributed by atoms with van der Waals surface area (Å²) < 4.78 is 5.67. The van der Waals surface area contributed by atoms with Gasteiger partial charge in [-0.05, 0) is 26.7 Å². The van der Waals surface area contributed by atoms with Crippen molar-refractivity contribution in [3.05, 3.63) is 11.9 Å². The van der Waals surface area contributed by atoms with E-state index in [2.05, 4.69) is 34.0 Å². The summed E-state index contributed by atoms with van der Waals surface area (Å²) in [6.45, 7) is 6.94. The molecule has 2 rings (SSSR count). The third kappa shape index (κ3) is 2.72. The summed E-state index contributed by atoms with van der Waals surface area (Å²) in [5.41, 5.74) is 1.12. The van der Waals surface area contributed by atoms with E-state index < -0.39 is 0 Å². The van der Waals surface area contributed by atoms with Crippen LogP contribution >= 0.6 is 0 Å². The van der Waals surface area contributed by atoms with Crippen LogP contribution < -0.4 is 10.2 Å². The first-order valence-electron chi connectivity index (χ1n) is 6.62. The summed E-state index contributed by atoms with van der Waals surface area (Å²) >= 11 is 0. The number of piperidine rings is 1. The minimum Gasteiger partial charge on any atom is -0.378 e. The van der Waals surface area contributed by atoms with Gasteiger partial charge in [-0.25, -0.2) is 9.97 Å². The zero-order valence-corrected chi connectivity index (χ0v) is 11.4. The van der Waals surface area contributed by atoms with Crippen LogP contribution in [-0.2, 0) is 4.74 Å². The van der Waals surface area contributed by atoms with Crippen LogP contribution in [0.1, 0.15) is 25.3 Å². The lowest BCUT2D eigenvalue weighted by atomic mass is 10.1. The Kier molecular flexibility index (Phi) is 4.36. The molecule has 1 saturated heterocycles. The van der Waals surface area contributed by atoms with E-state index in [-0.39, 0.29) is 0 Å². The maximum Gasteiger partial charge on any atom is 0.137 e. The molecule has 0 saturated carbocycles. The van der Waals surface area contributed by atoms with Gasteiger partial charge in [0.15, 0.2) is 0 Å². The highest BCUT2D eigenvalue weighted by molar-refractivity contribution is 5.57. The Labute approximate surface area is 109 Å². The molecule has 0 radical (unpaired) electrons. The van der Waals surface area contributed by atoms with Crippen molar-refractivity contribution in [3.63, 3.8) is 0 Å². The van der Waals surface area contributed by atoms with Gasteiger partial charge >= 0.3 is 0 Å². The van der Waals surface area contributed by atoms with Gasteiger partial charge in [0.05, 0.1) is 6.10 Å². The Morgan fingerprint density at radius 2 is 2.11 bits per heavy atom. The second-order valence-corrected chi connectivity index (χ2v) is 4.56. The zero-order valence-electron chi connectivity index (χ0n) is 11.4. The van der Waals surface area contributed by atoms with E-state index in [0.717, 1.165) is 49.7 Å². The molecule has 100 valence electrons. The van der Waals surface area contributed by atoms with Crippen LogP contribution in [0.2, 0.25) is 0 Å². The SMILES string of the molecule is CCOC1CCN(c2ncnc(NC)c2C)CC1. The second kappa shape index (κ2) is 6.00. The molecule has 0 spiro atoms. The molecule has 1 aromatic rings. The van der Waals surface area contributed by atoms with Crippen molar-refractivity contribution >= 4 is 11.6 Å². The van der Waals surface area contributed by atoms with Gasteiger partial charge in [0, 0.05) is 32.3 Å². The van der Waals surface area contributed by atoms with Crippen LogP contribution in [0.4, 0.5) is 11.6 Å². The topological polar surface area (TPSA) is 50.3 Å². The molecule has 1 N–H and O–H groups in total. The van der Waals surface area contributed by atoms with Crippen LogP contribution in [0.5, 0.6) is 0 Å². The van der Waals surface area contributed by atoms with E-state index in [1.54, 1.807) is 6.33 Å². The lowest BCUT2D eigenvalue weighted by Gasteiger charge is -2.33. The molecule has 1 aromatic heterocycles. The maximum atomic E-state index is 5.67. The third-order valence-corrected chi connectivity index (χ3v) is 3.44. The van der Waals surface area contributed by atoms with Gasteiger partial charge in [-0.15, -0.1) is 0 Å². The van der Waals surface area contributed by atoms with Crippen molar-refractivity contribution in [2.75, 3.05) is 37.0 Å². The summed E-state index contributed by atoms with van der Waals surface area (Å²) in [4.78, 5) is 11.0. The molecular weight excluding hydrogens is 228 g/mol. The van der Waals surface area contributed by atoms with Crippen molar-refractivity contribution in [1.29, 1.82) is 0 Å². The average Bonchev–Trinajstić information content (AvgIpc) is 2.41. The largest absolute Gasteiger partial charge is 0.378 e. The highest BCUT2D eigenvalue weighted by Gasteiger charge is 2.22. The molecule has 5 nitrogen and oxygen atoms in total. The quantitative estimate of drug-likeness (QED) is 0.883. The number of rotatable bonds is 4.